The predicted octanol–water partition coefficient (Wildman–Crippen LogP) is 4.14. The van der Waals surface area contributed by atoms with E-state index in [-0.39, 0.29) is 28.0 Å². The van der Waals surface area contributed by atoms with E-state index in [1.54, 1.807) is 0 Å². The maximum absolute atomic E-state index is 14.7. The van der Waals surface area contributed by atoms with Crippen molar-refractivity contribution in [2.45, 2.75) is 44.5 Å². The number of carbonyl (C=O) groups excluding carboxylic acids is 4. The summed E-state index contributed by atoms with van der Waals surface area (Å²) >= 11 is 11.8. The summed E-state index contributed by atoms with van der Waals surface area (Å²) in [6.07, 6.45) is -5.28. The fraction of sp³-hybridized carbons (Fsp3) is 0.429. The molecule has 248 valence electrons. The molecule has 0 fully saturated rings. The zero-order valence-electron chi connectivity index (χ0n) is 24.3. The number of hydrogen-bond donors (Lipinski definition) is 3. The first kappa shape index (κ1) is 37.3. The molecular weight excluding hydrogens is 656 g/mol. The van der Waals surface area contributed by atoms with Crippen molar-refractivity contribution in [2.75, 3.05) is 27.4 Å². The highest BCUT2D eigenvalue weighted by molar-refractivity contribution is 6.34. The van der Waals surface area contributed by atoms with Gasteiger partial charge in [0.1, 0.15) is 18.3 Å². The monoisotopic (exact) mass is 685 g/mol. The minimum Gasteiger partial charge on any atom is -0.493 e. The van der Waals surface area contributed by atoms with Crippen LogP contribution >= 0.6 is 23.2 Å². The van der Waals surface area contributed by atoms with E-state index >= 15 is 0 Å². The fourth-order valence-corrected chi connectivity index (χ4v) is 4.34. The van der Waals surface area contributed by atoms with Crippen LogP contribution in [0.25, 0.3) is 0 Å². The van der Waals surface area contributed by atoms with Crippen LogP contribution in [-0.4, -0.2) is 75.1 Å². The number of ketones is 1. The Labute approximate surface area is 264 Å². The Kier molecular flexibility index (Phi) is 13.2. The largest absolute Gasteiger partial charge is 0.493 e. The summed E-state index contributed by atoms with van der Waals surface area (Å²) in [5, 5.41) is 5.90. The van der Waals surface area contributed by atoms with Crippen molar-refractivity contribution in [2.24, 2.45) is 5.92 Å². The number of halogens is 7. The third-order valence-corrected chi connectivity index (χ3v) is 6.47. The zero-order chi connectivity index (χ0) is 34.1. The van der Waals surface area contributed by atoms with Crippen LogP contribution in [0.4, 0.5) is 22.0 Å². The number of rotatable bonds is 15. The number of nitrogens with one attached hydrogen (secondary N) is 3. The van der Waals surface area contributed by atoms with Gasteiger partial charge in [0.2, 0.25) is 11.7 Å². The molecule has 3 N–H and O–H groups in total. The van der Waals surface area contributed by atoms with Gasteiger partial charge in [0, 0.05) is 16.5 Å². The van der Waals surface area contributed by atoms with Crippen LogP contribution in [0, 0.1) is 5.92 Å². The minimum absolute atomic E-state index is 0.125. The fourth-order valence-electron chi connectivity index (χ4n) is 3.84. The lowest BCUT2D eigenvalue weighted by atomic mass is 9.94. The van der Waals surface area contributed by atoms with Crippen molar-refractivity contribution >= 4 is 46.7 Å². The van der Waals surface area contributed by atoms with E-state index in [0.717, 1.165) is 5.32 Å². The molecule has 0 aliphatic rings. The molecule has 2 unspecified atom stereocenters. The van der Waals surface area contributed by atoms with Gasteiger partial charge >= 0.3 is 12.1 Å². The van der Waals surface area contributed by atoms with Crippen LogP contribution in [0.1, 0.15) is 19.4 Å². The topological polar surface area (TPSA) is 132 Å². The van der Waals surface area contributed by atoms with Gasteiger partial charge < -0.3 is 30.2 Å². The Hall–Kier alpha value is -3.85. The number of methoxy groups -OCH3 is 2. The third-order valence-electron chi connectivity index (χ3n) is 6.04. The summed E-state index contributed by atoms with van der Waals surface area (Å²) < 4.78 is 82.5. The SMILES string of the molecule is COc1ccc(CC(NC(=O)COc2cc(Cl)cc(Cl)c2)C(=O)NC(C(=O)C(F)(F)C(=O)NCC(F)(F)F)C(C)C)cc1OC. The quantitative estimate of drug-likeness (QED) is 0.190. The van der Waals surface area contributed by atoms with Crippen molar-refractivity contribution < 1.29 is 55.3 Å². The van der Waals surface area contributed by atoms with E-state index in [9.17, 15) is 41.1 Å². The van der Waals surface area contributed by atoms with Crippen LogP contribution in [0.5, 0.6) is 17.2 Å². The Morgan fingerprint density at radius 3 is 2.00 bits per heavy atom. The van der Waals surface area contributed by atoms with Crippen LogP contribution in [0.15, 0.2) is 36.4 Å². The van der Waals surface area contributed by atoms with Gasteiger partial charge in [-0.05, 0) is 41.8 Å². The van der Waals surface area contributed by atoms with E-state index in [0.29, 0.717) is 11.3 Å². The lowest BCUT2D eigenvalue weighted by molar-refractivity contribution is -0.165. The molecular formula is C28H30Cl2F5N3O7. The molecule has 2 atom stereocenters. The molecule has 0 aromatic heterocycles. The first-order valence-electron chi connectivity index (χ1n) is 13.0. The number of hydrogen-bond acceptors (Lipinski definition) is 7. The molecule has 2 aromatic rings. The van der Waals surface area contributed by atoms with Gasteiger partial charge in [-0.3, -0.25) is 19.2 Å². The Balaban J connectivity index is 2.32. The molecule has 10 nitrogen and oxygen atoms in total. The molecule has 17 heteroatoms. The molecule has 2 aromatic carbocycles. The van der Waals surface area contributed by atoms with E-state index in [2.05, 4.69) is 10.6 Å². The summed E-state index contributed by atoms with van der Waals surface area (Å²) in [7, 11) is 2.75. The van der Waals surface area contributed by atoms with Crippen molar-refractivity contribution in [3.05, 3.63) is 52.0 Å². The van der Waals surface area contributed by atoms with Gasteiger partial charge in [-0.25, -0.2) is 0 Å². The Morgan fingerprint density at radius 1 is 0.867 bits per heavy atom. The molecule has 0 radical (unpaired) electrons. The average Bonchev–Trinajstić information content (AvgIpc) is 2.95. The van der Waals surface area contributed by atoms with E-state index in [4.69, 9.17) is 37.4 Å². The highest BCUT2D eigenvalue weighted by Gasteiger charge is 2.52. The number of benzene rings is 2. The van der Waals surface area contributed by atoms with Gasteiger partial charge in [0.15, 0.2) is 18.1 Å². The normalized spacial score (nSPS) is 13.0. The van der Waals surface area contributed by atoms with Crippen molar-refractivity contribution in [3.8, 4) is 17.2 Å². The highest BCUT2D eigenvalue weighted by Crippen LogP contribution is 2.28. The van der Waals surface area contributed by atoms with E-state index in [1.165, 1.54) is 64.5 Å². The van der Waals surface area contributed by atoms with Gasteiger partial charge in [-0.2, -0.15) is 22.0 Å². The maximum Gasteiger partial charge on any atom is 0.405 e. The van der Waals surface area contributed by atoms with Crippen LogP contribution in [-0.2, 0) is 25.6 Å². The van der Waals surface area contributed by atoms with Gasteiger partial charge in [-0.1, -0.05) is 43.1 Å². The standard InChI is InChI=1S/C28H30Cl2F5N3O7/c1-14(2)23(24(40)28(34,35)26(42)36-13-27(31,32)33)38-25(41)19(7-15-5-6-20(43-3)21(8-15)44-4)37-22(39)12-45-18-10-16(29)9-17(30)11-18/h5-6,8-11,14,19,23H,7,12-13H2,1-4H3,(H,36,42)(H,37,39)(H,38,41). The number of Topliss-reactive ketones (excluding diaryl/α,β-unsaturated/α-hetero) is 1. The smallest absolute Gasteiger partial charge is 0.405 e. The second kappa shape index (κ2) is 15.9. The Morgan fingerprint density at radius 2 is 1.47 bits per heavy atom. The molecule has 2 rings (SSSR count). The molecule has 0 spiro atoms. The number of ether oxygens (including phenoxy) is 3. The van der Waals surface area contributed by atoms with E-state index in [1.807, 2.05) is 0 Å². The van der Waals surface area contributed by atoms with Crippen LogP contribution in [0.2, 0.25) is 10.0 Å². The van der Waals surface area contributed by atoms with Gasteiger partial charge in [0.05, 0.1) is 20.3 Å². The molecule has 0 aliphatic carbocycles. The molecule has 45 heavy (non-hydrogen) atoms. The second-order valence-electron chi connectivity index (χ2n) is 9.87. The Bertz CT molecular complexity index is 1370. The van der Waals surface area contributed by atoms with Crippen molar-refractivity contribution in [1.82, 2.24) is 16.0 Å². The molecule has 0 saturated heterocycles. The first-order chi connectivity index (χ1) is 20.9. The summed E-state index contributed by atoms with van der Waals surface area (Å²) in [5.74, 6) is -11.9. The van der Waals surface area contributed by atoms with Gasteiger partial charge in [-0.15, -0.1) is 0 Å². The summed E-state index contributed by atoms with van der Waals surface area (Å²) in [6, 6.07) is 5.15. The first-order valence-corrected chi connectivity index (χ1v) is 13.8. The molecule has 0 saturated carbocycles. The molecule has 0 aliphatic heterocycles. The van der Waals surface area contributed by atoms with Gasteiger partial charge in [0.25, 0.3) is 11.8 Å². The summed E-state index contributed by atoms with van der Waals surface area (Å²) in [6.45, 7) is -0.219. The minimum atomic E-state index is -5.02. The number of alkyl halides is 5. The second-order valence-corrected chi connectivity index (χ2v) is 10.7. The lowest BCUT2D eigenvalue weighted by Crippen LogP contribution is -2.59. The lowest BCUT2D eigenvalue weighted by Gasteiger charge is -2.27. The van der Waals surface area contributed by atoms with Crippen molar-refractivity contribution in [1.29, 1.82) is 0 Å². The zero-order valence-corrected chi connectivity index (χ0v) is 25.8. The molecule has 0 heterocycles. The molecule has 0 bridgehead atoms. The predicted molar refractivity (Wildman–Crippen MR) is 153 cm³/mol. The third kappa shape index (κ3) is 11.2. The number of carbonyl (C=O) groups is 4. The van der Waals surface area contributed by atoms with Crippen LogP contribution in [0.3, 0.4) is 0 Å². The van der Waals surface area contributed by atoms with Crippen LogP contribution < -0.4 is 30.2 Å². The van der Waals surface area contributed by atoms with Crippen molar-refractivity contribution in [3.63, 3.8) is 0 Å². The maximum atomic E-state index is 14.7. The number of amides is 3. The highest BCUT2D eigenvalue weighted by atomic mass is 35.5. The molecule has 3 amide bonds. The summed E-state index contributed by atoms with van der Waals surface area (Å²) in [4.78, 5) is 50.7. The average molecular weight is 686 g/mol. The van der Waals surface area contributed by atoms with E-state index < -0.39 is 66.8 Å². The summed E-state index contributed by atoms with van der Waals surface area (Å²) in [5.41, 5.74) is 0.403.